The van der Waals surface area contributed by atoms with Crippen LogP contribution in [0.1, 0.15) is 25.5 Å². The molecule has 0 unspecified atom stereocenters. The second kappa shape index (κ2) is 6.96. The van der Waals surface area contributed by atoms with Crippen LogP contribution < -0.4 is 9.64 Å². The lowest BCUT2D eigenvalue weighted by Gasteiger charge is -2.19. The maximum atomic E-state index is 6.11. The molecule has 0 amide bonds. The Kier molecular flexibility index (Phi) is 4.51. The molecule has 0 radical (unpaired) electrons. The van der Waals surface area contributed by atoms with Crippen LogP contribution in [-0.2, 0) is 0 Å². The molecule has 4 rings (SSSR count). The highest BCUT2D eigenvalue weighted by Gasteiger charge is 2.17. The molecule has 4 aromatic rings. The van der Waals surface area contributed by atoms with E-state index >= 15 is 0 Å². The van der Waals surface area contributed by atoms with E-state index in [4.69, 9.17) is 9.72 Å². The Morgan fingerprint density at radius 3 is 2.81 bits per heavy atom. The SMILES string of the molecule is CCCCN(C)c1c(C)nc2c(Oc3nc4ccccc4s3)cccn12. The number of para-hydroxylation sites is 1. The van der Waals surface area contributed by atoms with Crippen LogP contribution >= 0.6 is 11.3 Å². The summed E-state index contributed by atoms with van der Waals surface area (Å²) in [6, 6.07) is 12.0. The van der Waals surface area contributed by atoms with Crippen LogP contribution in [0.2, 0.25) is 0 Å². The number of pyridine rings is 1. The molecule has 5 nitrogen and oxygen atoms in total. The zero-order valence-electron chi connectivity index (χ0n) is 15.3. The normalized spacial score (nSPS) is 11.3. The summed E-state index contributed by atoms with van der Waals surface area (Å²) in [5.41, 5.74) is 2.78. The number of ether oxygens (including phenoxy) is 1. The molecule has 0 aliphatic heterocycles. The fourth-order valence-electron chi connectivity index (χ4n) is 3.17. The van der Waals surface area contributed by atoms with E-state index in [1.165, 1.54) is 6.42 Å². The minimum atomic E-state index is 0.640. The molecule has 1 aromatic carbocycles. The van der Waals surface area contributed by atoms with Gasteiger partial charge in [-0.25, -0.2) is 9.97 Å². The van der Waals surface area contributed by atoms with Crippen molar-refractivity contribution in [3.63, 3.8) is 0 Å². The first-order valence-electron chi connectivity index (χ1n) is 8.89. The largest absolute Gasteiger partial charge is 0.427 e. The number of thiazole rings is 1. The van der Waals surface area contributed by atoms with Gasteiger partial charge in [-0.05, 0) is 37.6 Å². The summed E-state index contributed by atoms with van der Waals surface area (Å²) in [4.78, 5) is 11.6. The molecule has 3 heterocycles. The molecule has 0 atom stereocenters. The number of fused-ring (bicyclic) bond motifs is 2. The Labute approximate surface area is 156 Å². The standard InChI is InChI=1S/C20H22N4OS/c1-4-5-12-23(3)19-14(2)21-18-16(10-8-13-24(18)19)25-20-22-15-9-6-7-11-17(15)26-20/h6-11,13H,4-5,12H2,1-3H3. The van der Waals surface area contributed by atoms with Gasteiger partial charge < -0.3 is 9.64 Å². The third kappa shape index (κ3) is 3.01. The van der Waals surface area contributed by atoms with Gasteiger partial charge in [0.2, 0.25) is 0 Å². The number of benzene rings is 1. The number of anilines is 1. The van der Waals surface area contributed by atoms with E-state index in [9.17, 15) is 0 Å². The van der Waals surface area contributed by atoms with Gasteiger partial charge in [0, 0.05) is 19.8 Å². The number of aryl methyl sites for hydroxylation is 1. The van der Waals surface area contributed by atoms with E-state index in [2.05, 4.69) is 34.3 Å². The highest BCUT2D eigenvalue weighted by Crippen LogP contribution is 2.34. The molecule has 26 heavy (non-hydrogen) atoms. The molecule has 6 heteroatoms. The topological polar surface area (TPSA) is 42.7 Å². The van der Waals surface area contributed by atoms with Crippen molar-refractivity contribution < 1.29 is 4.74 Å². The van der Waals surface area contributed by atoms with Gasteiger partial charge >= 0.3 is 0 Å². The van der Waals surface area contributed by atoms with Crippen molar-refractivity contribution in [2.45, 2.75) is 26.7 Å². The van der Waals surface area contributed by atoms with Crippen LogP contribution in [0.15, 0.2) is 42.6 Å². The van der Waals surface area contributed by atoms with E-state index in [0.29, 0.717) is 5.19 Å². The smallest absolute Gasteiger partial charge is 0.279 e. The second-order valence-electron chi connectivity index (χ2n) is 6.41. The average molecular weight is 366 g/mol. The van der Waals surface area contributed by atoms with Crippen LogP contribution in [0.5, 0.6) is 10.9 Å². The molecule has 0 saturated carbocycles. The second-order valence-corrected chi connectivity index (χ2v) is 7.40. The van der Waals surface area contributed by atoms with Crippen molar-refractivity contribution in [2.75, 3.05) is 18.5 Å². The Balaban J connectivity index is 1.72. The van der Waals surface area contributed by atoms with Crippen molar-refractivity contribution in [1.82, 2.24) is 14.4 Å². The van der Waals surface area contributed by atoms with Gasteiger partial charge in [-0.1, -0.05) is 36.8 Å². The first-order chi connectivity index (χ1) is 12.7. The van der Waals surface area contributed by atoms with Gasteiger partial charge in [-0.15, -0.1) is 0 Å². The lowest BCUT2D eigenvalue weighted by atomic mass is 10.3. The summed E-state index contributed by atoms with van der Waals surface area (Å²) in [5.74, 6) is 1.84. The number of hydrogen-bond donors (Lipinski definition) is 0. The first-order valence-corrected chi connectivity index (χ1v) is 9.71. The van der Waals surface area contributed by atoms with Gasteiger partial charge in [0.15, 0.2) is 11.4 Å². The zero-order chi connectivity index (χ0) is 18.1. The molecular weight excluding hydrogens is 344 g/mol. The fourth-order valence-corrected chi connectivity index (χ4v) is 4.00. The Morgan fingerprint density at radius 1 is 1.15 bits per heavy atom. The molecule has 134 valence electrons. The minimum Gasteiger partial charge on any atom is -0.427 e. The monoisotopic (exact) mass is 366 g/mol. The van der Waals surface area contributed by atoms with Gasteiger partial charge in [0.05, 0.1) is 15.9 Å². The molecule has 0 aliphatic carbocycles. The summed E-state index contributed by atoms with van der Waals surface area (Å²) in [5, 5.41) is 0.640. The number of imidazole rings is 1. The summed E-state index contributed by atoms with van der Waals surface area (Å²) < 4.78 is 9.34. The van der Waals surface area contributed by atoms with Crippen molar-refractivity contribution in [3.05, 3.63) is 48.3 Å². The molecule has 0 spiro atoms. The van der Waals surface area contributed by atoms with Gasteiger partial charge in [-0.3, -0.25) is 4.40 Å². The van der Waals surface area contributed by atoms with Crippen molar-refractivity contribution in [1.29, 1.82) is 0 Å². The minimum absolute atomic E-state index is 0.640. The predicted molar refractivity (Wildman–Crippen MR) is 108 cm³/mol. The summed E-state index contributed by atoms with van der Waals surface area (Å²) in [7, 11) is 2.12. The molecular formula is C20H22N4OS. The maximum Gasteiger partial charge on any atom is 0.279 e. The lowest BCUT2D eigenvalue weighted by Crippen LogP contribution is -2.20. The van der Waals surface area contributed by atoms with Crippen LogP contribution in [0.3, 0.4) is 0 Å². The Bertz CT molecular complexity index is 1020. The average Bonchev–Trinajstić information content (AvgIpc) is 3.19. The van der Waals surface area contributed by atoms with Crippen molar-refractivity contribution in [3.8, 4) is 10.9 Å². The van der Waals surface area contributed by atoms with Gasteiger partial charge in [-0.2, -0.15) is 0 Å². The van der Waals surface area contributed by atoms with E-state index in [1.807, 2.05) is 43.5 Å². The van der Waals surface area contributed by atoms with E-state index in [1.54, 1.807) is 11.3 Å². The van der Waals surface area contributed by atoms with Crippen molar-refractivity contribution in [2.24, 2.45) is 0 Å². The van der Waals surface area contributed by atoms with Crippen LogP contribution in [0.4, 0.5) is 5.82 Å². The lowest BCUT2D eigenvalue weighted by molar-refractivity contribution is 0.482. The van der Waals surface area contributed by atoms with Gasteiger partial charge in [0.1, 0.15) is 5.82 Å². The van der Waals surface area contributed by atoms with Crippen LogP contribution in [0, 0.1) is 6.92 Å². The molecule has 0 bridgehead atoms. The number of aromatic nitrogens is 3. The van der Waals surface area contributed by atoms with Crippen LogP contribution in [-0.4, -0.2) is 28.0 Å². The van der Waals surface area contributed by atoms with Crippen LogP contribution in [0.25, 0.3) is 15.9 Å². The third-order valence-electron chi connectivity index (χ3n) is 4.44. The van der Waals surface area contributed by atoms with E-state index in [-0.39, 0.29) is 0 Å². The van der Waals surface area contributed by atoms with E-state index in [0.717, 1.165) is 46.1 Å². The zero-order valence-corrected chi connectivity index (χ0v) is 16.1. The van der Waals surface area contributed by atoms with Gasteiger partial charge in [0.25, 0.3) is 5.19 Å². The molecule has 3 aromatic heterocycles. The Morgan fingerprint density at radius 2 is 2.00 bits per heavy atom. The molecule has 0 N–H and O–H groups in total. The predicted octanol–water partition coefficient (Wildman–Crippen LogP) is 5.28. The quantitative estimate of drug-likeness (QED) is 0.465. The highest BCUT2D eigenvalue weighted by molar-refractivity contribution is 7.20. The fraction of sp³-hybridized carbons (Fsp3) is 0.300. The number of nitrogens with zero attached hydrogens (tertiary/aromatic N) is 4. The van der Waals surface area contributed by atoms with Crippen molar-refractivity contribution >= 4 is 33.0 Å². The Hall–Kier alpha value is -2.60. The summed E-state index contributed by atoms with van der Waals surface area (Å²) in [6.07, 6.45) is 4.37. The molecule has 0 fully saturated rings. The summed E-state index contributed by atoms with van der Waals surface area (Å²) in [6.45, 7) is 5.26. The highest BCUT2D eigenvalue weighted by atomic mass is 32.1. The first kappa shape index (κ1) is 16.8. The molecule has 0 saturated heterocycles. The third-order valence-corrected chi connectivity index (χ3v) is 5.35. The molecule has 0 aliphatic rings. The maximum absolute atomic E-state index is 6.11. The summed E-state index contributed by atoms with van der Waals surface area (Å²) >= 11 is 1.55. The van der Waals surface area contributed by atoms with E-state index < -0.39 is 0 Å². The number of hydrogen-bond acceptors (Lipinski definition) is 5. The number of unbranched alkanes of at least 4 members (excludes halogenated alkanes) is 1. The number of rotatable bonds is 6.